The Kier molecular flexibility index (Phi) is 2.47. The lowest BCUT2D eigenvalue weighted by atomic mass is 10.0. The Morgan fingerprint density at radius 2 is 1.69 bits per heavy atom. The molecule has 0 saturated heterocycles. The van der Waals surface area contributed by atoms with Gasteiger partial charge in [0.15, 0.2) is 0 Å². The first-order chi connectivity index (χ1) is 5.85. The summed E-state index contributed by atoms with van der Waals surface area (Å²) in [6.45, 7) is 11.1. The van der Waals surface area contributed by atoms with Gasteiger partial charge in [-0.05, 0) is 23.7 Å². The van der Waals surface area contributed by atoms with E-state index in [-0.39, 0.29) is 6.04 Å². The highest BCUT2D eigenvalue weighted by molar-refractivity contribution is 5.17. The van der Waals surface area contributed by atoms with Crippen molar-refractivity contribution in [1.29, 1.82) is 0 Å². The van der Waals surface area contributed by atoms with E-state index in [1.807, 2.05) is 6.92 Å². The Bertz CT molecular complexity index is 238. The Morgan fingerprint density at radius 3 is 2.00 bits per heavy atom. The predicted octanol–water partition coefficient (Wildman–Crippen LogP) is 2.41. The van der Waals surface area contributed by atoms with Gasteiger partial charge in [-0.3, -0.25) is 0 Å². The van der Waals surface area contributed by atoms with Gasteiger partial charge in [-0.2, -0.15) is 0 Å². The van der Waals surface area contributed by atoms with Crippen LogP contribution >= 0.6 is 0 Å². The average molecular weight is 179 g/mol. The Balaban J connectivity index is 2.60. The molecule has 1 unspecified atom stereocenters. The van der Waals surface area contributed by atoms with E-state index in [0.29, 0.717) is 16.7 Å². The normalized spacial score (nSPS) is 26.0. The lowest BCUT2D eigenvalue weighted by Gasteiger charge is -2.09. The van der Waals surface area contributed by atoms with Gasteiger partial charge < -0.3 is 5.73 Å². The second-order valence-electron chi connectivity index (χ2n) is 5.22. The molecular formula is C12H21N. The van der Waals surface area contributed by atoms with Crippen molar-refractivity contribution in [2.75, 3.05) is 0 Å². The SMILES string of the molecule is CC#CCC(N)C1C(C)(C)C1(C)C. The van der Waals surface area contributed by atoms with Crippen LogP contribution < -0.4 is 5.73 Å². The Hall–Kier alpha value is -0.480. The highest BCUT2D eigenvalue weighted by atomic mass is 14.8. The van der Waals surface area contributed by atoms with Crippen LogP contribution in [0, 0.1) is 28.6 Å². The lowest BCUT2D eigenvalue weighted by molar-refractivity contribution is 0.457. The minimum absolute atomic E-state index is 0.248. The van der Waals surface area contributed by atoms with Crippen LogP contribution in [0.5, 0.6) is 0 Å². The van der Waals surface area contributed by atoms with Crippen molar-refractivity contribution in [3.05, 3.63) is 0 Å². The predicted molar refractivity (Wildman–Crippen MR) is 57.1 cm³/mol. The first-order valence-electron chi connectivity index (χ1n) is 5.01. The molecule has 0 amide bonds. The summed E-state index contributed by atoms with van der Waals surface area (Å²) >= 11 is 0. The smallest absolute Gasteiger partial charge is 0.0244 e. The van der Waals surface area contributed by atoms with Crippen molar-refractivity contribution < 1.29 is 0 Å². The minimum atomic E-state index is 0.248. The first kappa shape index (κ1) is 10.6. The summed E-state index contributed by atoms with van der Waals surface area (Å²) in [7, 11) is 0. The van der Waals surface area contributed by atoms with Crippen LogP contribution in [0.25, 0.3) is 0 Å². The van der Waals surface area contributed by atoms with Crippen molar-refractivity contribution in [2.45, 2.75) is 47.1 Å². The van der Waals surface area contributed by atoms with Crippen LogP contribution in [-0.2, 0) is 0 Å². The second-order valence-corrected chi connectivity index (χ2v) is 5.22. The maximum Gasteiger partial charge on any atom is 0.0244 e. The van der Waals surface area contributed by atoms with Gasteiger partial charge in [-0.1, -0.05) is 27.7 Å². The topological polar surface area (TPSA) is 26.0 Å². The largest absolute Gasteiger partial charge is 0.327 e. The molecule has 0 heterocycles. The number of hydrogen-bond donors (Lipinski definition) is 1. The second kappa shape index (κ2) is 3.03. The molecule has 0 bridgehead atoms. The minimum Gasteiger partial charge on any atom is -0.327 e. The van der Waals surface area contributed by atoms with Crippen LogP contribution in [0.1, 0.15) is 41.0 Å². The van der Waals surface area contributed by atoms with Crippen LogP contribution in [0.15, 0.2) is 0 Å². The van der Waals surface area contributed by atoms with E-state index in [0.717, 1.165) is 6.42 Å². The molecule has 1 heteroatoms. The molecule has 1 fully saturated rings. The van der Waals surface area contributed by atoms with Crippen molar-refractivity contribution in [1.82, 2.24) is 0 Å². The van der Waals surface area contributed by atoms with Crippen LogP contribution in [0.4, 0.5) is 0 Å². The fourth-order valence-electron chi connectivity index (χ4n) is 2.66. The molecule has 0 aromatic heterocycles. The first-order valence-corrected chi connectivity index (χ1v) is 5.01. The molecule has 0 aromatic rings. The highest BCUT2D eigenvalue weighted by Gasteiger charge is 2.66. The van der Waals surface area contributed by atoms with Crippen molar-refractivity contribution in [3.8, 4) is 11.8 Å². The zero-order valence-electron chi connectivity index (χ0n) is 9.44. The van der Waals surface area contributed by atoms with Gasteiger partial charge in [0.1, 0.15) is 0 Å². The summed E-state index contributed by atoms with van der Waals surface area (Å²) in [5.41, 5.74) is 6.90. The maximum atomic E-state index is 6.11. The maximum absolute atomic E-state index is 6.11. The Morgan fingerprint density at radius 1 is 1.23 bits per heavy atom. The molecule has 1 atom stereocenters. The summed E-state index contributed by atoms with van der Waals surface area (Å²) in [4.78, 5) is 0. The van der Waals surface area contributed by atoms with E-state index < -0.39 is 0 Å². The van der Waals surface area contributed by atoms with Crippen LogP contribution in [0.2, 0.25) is 0 Å². The summed E-state index contributed by atoms with van der Waals surface area (Å²) in [6, 6.07) is 0.248. The molecule has 0 aromatic carbocycles. The molecule has 0 spiro atoms. The van der Waals surface area contributed by atoms with Crippen molar-refractivity contribution in [3.63, 3.8) is 0 Å². The fraction of sp³-hybridized carbons (Fsp3) is 0.833. The molecule has 1 nitrogen and oxygen atoms in total. The zero-order chi connectivity index (χ0) is 10.3. The molecule has 1 rings (SSSR count). The van der Waals surface area contributed by atoms with Crippen molar-refractivity contribution >= 4 is 0 Å². The van der Waals surface area contributed by atoms with E-state index in [1.54, 1.807) is 0 Å². The van der Waals surface area contributed by atoms with Gasteiger partial charge >= 0.3 is 0 Å². The third kappa shape index (κ3) is 1.48. The average Bonchev–Trinajstić information content (AvgIpc) is 2.39. The summed E-state index contributed by atoms with van der Waals surface area (Å²) < 4.78 is 0. The quantitative estimate of drug-likeness (QED) is 0.647. The van der Waals surface area contributed by atoms with Crippen LogP contribution in [-0.4, -0.2) is 6.04 Å². The molecular weight excluding hydrogens is 158 g/mol. The molecule has 74 valence electrons. The van der Waals surface area contributed by atoms with Gasteiger partial charge in [0, 0.05) is 12.5 Å². The molecule has 0 radical (unpaired) electrons. The lowest BCUT2D eigenvalue weighted by Crippen LogP contribution is -2.25. The molecule has 0 aliphatic heterocycles. The van der Waals surface area contributed by atoms with Crippen molar-refractivity contribution in [2.24, 2.45) is 22.5 Å². The van der Waals surface area contributed by atoms with Gasteiger partial charge in [-0.25, -0.2) is 0 Å². The molecule has 2 N–H and O–H groups in total. The number of nitrogens with two attached hydrogens (primary N) is 1. The van der Waals surface area contributed by atoms with Crippen LogP contribution in [0.3, 0.4) is 0 Å². The molecule has 1 aliphatic carbocycles. The van der Waals surface area contributed by atoms with Gasteiger partial charge in [0.25, 0.3) is 0 Å². The summed E-state index contributed by atoms with van der Waals surface area (Å²) in [6.07, 6.45) is 0.841. The third-order valence-electron chi connectivity index (χ3n) is 4.08. The van der Waals surface area contributed by atoms with E-state index in [9.17, 15) is 0 Å². The highest BCUT2D eigenvalue weighted by Crippen LogP contribution is 2.69. The van der Waals surface area contributed by atoms with Gasteiger partial charge in [-0.15, -0.1) is 11.8 Å². The van der Waals surface area contributed by atoms with E-state index >= 15 is 0 Å². The Labute approximate surface area is 82.1 Å². The van der Waals surface area contributed by atoms with E-state index in [2.05, 4.69) is 39.5 Å². The van der Waals surface area contributed by atoms with E-state index in [1.165, 1.54) is 0 Å². The van der Waals surface area contributed by atoms with E-state index in [4.69, 9.17) is 5.73 Å². The number of rotatable bonds is 2. The zero-order valence-corrected chi connectivity index (χ0v) is 9.44. The van der Waals surface area contributed by atoms with Gasteiger partial charge in [0.05, 0.1) is 0 Å². The summed E-state index contributed by atoms with van der Waals surface area (Å²) in [5.74, 6) is 6.60. The third-order valence-corrected chi connectivity index (χ3v) is 4.08. The van der Waals surface area contributed by atoms with Gasteiger partial charge in [0.2, 0.25) is 0 Å². The molecule has 13 heavy (non-hydrogen) atoms. The molecule has 1 saturated carbocycles. The monoisotopic (exact) mass is 179 g/mol. The standard InChI is InChI=1S/C12H21N/c1-6-7-8-9(13)10-11(2,3)12(10,4)5/h9-10H,8,13H2,1-5H3. The molecule has 1 aliphatic rings. The fourth-order valence-corrected chi connectivity index (χ4v) is 2.66. The summed E-state index contributed by atoms with van der Waals surface area (Å²) in [5, 5.41) is 0. The number of hydrogen-bond acceptors (Lipinski definition) is 1.